The minimum atomic E-state index is -4.50. The van der Waals surface area contributed by atoms with E-state index in [2.05, 4.69) is 14.4 Å². The molecule has 16 heteroatoms. The molecule has 3 saturated carbocycles. The third-order valence-corrected chi connectivity index (χ3v) is 11.8. The average Bonchev–Trinajstić information content (AvgIpc) is 3.13. The van der Waals surface area contributed by atoms with Crippen LogP contribution in [0.15, 0.2) is 14.7 Å². The summed E-state index contributed by atoms with van der Waals surface area (Å²) in [5, 5.41) is 4.27. The third kappa shape index (κ3) is 4.01. The van der Waals surface area contributed by atoms with Crippen molar-refractivity contribution < 1.29 is 39.6 Å². The molecule has 208 valence electrons. The predicted octanol–water partition coefficient (Wildman–Crippen LogP) is 2.09. The van der Waals surface area contributed by atoms with E-state index in [1.54, 1.807) is 0 Å². The molecule has 6 rings (SSSR count). The van der Waals surface area contributed by atoms with Crippen LogP contribution < -0.4 is 10.0 Å². The largest absolute Gasteiger partial charge is 0.396 e. The molecule has 2 aliphatic heterocycles. The van der Waals surface area contributed by atoms with Gasteiger partial charge in [0.25, 0.3) is 10.0 Å². The highest BCUT2D eigenvalue weighted by atomic mass is 32.2. The van der Waals surface area contributed by atoms with Crippen LogP contribution in [0.25, 0.3) is 0 Å². The number of ketones is 1. The van der Waals surface area contributed by atoms with Crippen LogP contribution in [0.1, 0.15) is 37.7 Å². The number of hydrogen-bond acceptors (Lipinski definition) is 8. The highest BCUT2D eigenvalue weighted by Gasteiger charge is 2.68. The van der Waals surface area contributed by atoms with Gasteiger partial charge >= 0.3 is 6.18 Å². The number of nitrogens with zero attached hydrogens (tertiary/aromatic N) is 2. The van der Waals surface area contributed by atoms with Gasteiger partial charge in [-0.3, -0.25) is 9.59 Å². The van der Waals surface area contributed by atoms with Crippen LogP contribution in [-0.2, 0) is 36.2 Å². The highest BCUT2D eigenvalue weighted by molar-refractivity contribution is 7.91. The molecule has 10 nitrogen and oxygen atoms in total. The van der Waals surface area contributed by atoms with Crippen LogP contribution in [-0.4, -0.2) is 64.3 Å². The Morgan fingerprint density at radius 1 is 1.24 bits per heavy atom. The number of piperidine rings is 1. The number of anilines is 1. The SMILES string of the molecule is CS(=O)(=O)NCc1csc2c1S(=O)(=O)N=C(C1C(=O)[C@@H]3[C@H]4CC[C@H](C4)[C@@H]3N(CC3(C(F)(F)F)CC3)C1=O)N2. The molecule has 5 aliphatic rings. The van der Waals surface area contributed by atoms with E-state index >= 15 is 0 Å². The Morgan fingerprint density at radius 2 is 1.92 bits per heavy atom. The van der Waals surface area contributed by atoms with Crippen molar-refractivity contribution in [1.82, 2.24) is 9.62 Å². The number of amides is 1. The molecule has 3 aliphatic carbocycles. The second-order valence-electron chi connectivity index (χ2n) is 11.0. The minimum absolute atomic E-state index is 0.0540. The molecule has 1 aromatic rings. The van der Waals surface area contributed by atoms with Gasteiger partial charge < -0.3 is 10.2 Å². The monoisotopic (exact) mass is 594 g/mol. The summed E-state index contributed by atoms with van der Waals surface area (Å²) in [4.78, 5) is 28.4. The van der Waals surface area contributed by atoms with Crippen LogP contribution in [0.4, 0.5) is 18.2 Å². The molecule has 0 aromatic carbocycles. The number of thiophene rings is 1. The van der Waals surface area contributed by atoms with Crippen molar-refractivity contribution in [2.45, 2.75) is 55.8 Å². The summed E-state index contributed by atoms with van der Waals surface area (Å²) in [6.07, 6.45) is -1.64. The number of likely N-dealkylation sites (tertiary alicyclic amines) is 1. The fourth-order valence-electron chi connectivity index (χ4n) is 6.70. The molecule has 4 fully saturated rings. The van der Waals surface area contributed by atoms with Crippen LogP contribution >= 0.6 is 11.3 Å². The zero-order chi connectivity index (χ0) is 27.4. The summed E-state index contributed by atoms with van der Waals surface area (Å²) in [5.74, 6) is -4.19. The summed E-state index contributed by atoms with van der Waals surface area (Å²) >= 11 is 0.940. The van der Waals surface area contributed by atoms with Crippen molar-refractivity contribution in [2.75, 3.05) is 18.1 Å². The minimum Gasteiger partial charge on any atom is -0.337 e. The molecule has 1 unspecified atom stereocenters. The fourth-order valence-corrected chi connectivity index (χ4v) is 9.77. The molecule has 2 N–H and O–H groups in total. The zero-order valence-corrected chi connectivity index (χ0v) is 22.6. The maximum Gasteiger partial charge on any atom is 0.396 e. The van der Waals surface area contributed by atoms with Gasteiger partial charge in [0, 0.05) is 30.6 Å². The van der Waals surface area contributed by atoms with E-state index < -0.39 is 73.6 Å². The highest BCUT2D eigenvalue weighted by Crippen LogP contribution is 2.60. The Bertz CT molecular complexity index is 1480. The Balaban J connectivity index is 1.36. The predicted molar refractivity (Wildman–Crippen MR) is 130 cm³/mol. The summed E-state index contributed by atoms with van der Waals surface area (Å²) in [6, 6.07) is -0.614. The van der Waals surface area contributed by atoms with Gasteiger partial charge in [-0.2, -0.15) is 21.6 Å². The third-order valence-electron chi connectivity index (χ3n) is 8.64. The fraction of sp³-hybridized carbons (Fsp3) is 0.682. The van der Waals surface area contributed by atoms with Gasteiger partial charge in [-0.25, -0.2) is 13.1 Å². The summed E-state index contributed by atoms with van der Waals surface area (Å²) in [6.45, 7) is -0.854. The first-order chi connectivity index (χ1) is 17.6. The average molecular weight is 595 g/mol. The number of fused-ring (bicyclic) bond motifs is 6. The lowest BCUT2D eigenvalue weighted by atomic mass is 9.72. The Kier molecular flexibility index (Phi) is 5.68. The molecule has 0 radical (unpaired) electrons. The van der Waals surface area contributed by atoms with Crippen LogP contribution in [0.5, 0.6) is 0 Å². The quantitative estimate of drug-likeness (QED) is 0.481. The molecule has 3 heterocycles. The number of Topliss-reactive ketones (excluding diaryl/α,β-unsaturated/α-hetero) is 1. The molecule has 0 spiro atoms. The van der Waals surface area contributed by atoms with E-state index in [9.17, 15) is 39.6 Å². The van der Waals surface area contributed by atoms with Crippen molar-refractivity contribution in [1.29, 1.82) is 0 Å². The first-order valence-electron chi connectivity index (χ1n) is 12.2. The van der Waals surface area contributed by atoms with Crippen LogP contribution in [0.3, 0.4) is 0 Å². The van der Waals surface area contributed by atoms with Crippen LogP contribution in [0, 0.1) is 29.1 Å². The van der Waals surface area contributed by atoms with E-state index in [1.165, 1.54) is 10.3 Å². The summed E-state index contributed by atoms with van der Waals surface area (Å²) < 4.78 is 96.9. The summed E-state index contributed by atoms with van der Waals surface area (Å²) in [7, 11) is -8.06. The van der Waals surface area contributed by atoms with E-state index in [1.807, 2.05) is 0 Å². The lowest BCUT2D eigenvalue weighted by Crippen LogP contribution is -2.63. The van der Waals surface area contributed by atoms with E-state index in [0.29, 0.717) is 6.42 Å². The molecule has 1 saturated heterocycles. The summed E-state index contributed by atoms with van der Waals surface area (Å²) in [5.41, 5.74) is -1.86. The number of alkyl halides is 3. The van der Waals surface area contributed by atoms with Gasteiger partial charge in [0.15, 0.2) is 11.7 Å². The number of carbonyl (C=O) groups is 2. The van der Waals surface area contributed by atoms with Crippen molar-refractivity contribution in [3.63, 3.8) is 0 Å². The standard InChI is InChI=1S/C22H25F3N4O6S3/c1-37(32,33)26-7-12-8-36-19-17(12)38(34,35)28-18(27-19)14-16(30)13-10-2-3-11(6-10)15(13)29(20(14)31)9-21(4-5-21)22(23,24)25/h8,10-11,13-15,26H,2-7,9H2,1H3,(H,27,28)/t10-,11+,13+,14?,15-/m0/s1. The van der Waals surface area contributed by atoms with Crippen molar-refractivity contribution in [2.24, 2.45) is 33.5 Å². The first kappa shape index (κ1) is 26.2. The number of carbonyl (C=O) groups excluding carboxylic acids is 2. The number of hydrogen-bond donors (Lipinski definition) is 2. The lowest BCUT2D eigenvalue weighted by Gasteiger charge is -2.47. The van der Waals surface area contributed by atoms with E-state index in [0.717, 1.165) is 30.4 Å². The zero-order valence-electron chi connectivity index (χ0n) is 20.1. The molecule has 1 amide bonds. The Hall–Kier alpha value is -2.04. The lowest BCUT2D eigenvalue weighted by molar-refractivity contribution is -0.197. The van der Waals surface area contributed by atoms with Gasteiger partial charge in [0.1, 0.15) is 15.7 Å². The Morgan fingerprint density at radius 3 is 2.55 bits per heavy atom. The van der Waals surface area contributed by atoms with Crippen molar-refractivity contribution in [3.8, 4) is 0 Å². The Labute approximate surface area is 221 Å². The van der Waals surface area contributed by atoms with Gasteiger partial charge in [-0.15, -0.1) is 15.7 Å². The number of rotatable bonds is 6. The van der Waals surface area contributed by atoms with Gasteiger partial charge in [-0.1, -0.05) is 0 Å². The molecule has 2 bridgehead atoms. The van der Waals surface area contributed by atoms with E-state index in [-0.39, 0.29) is 46.7 Å². The number of amidine groups is 1. The first-order valence-corrected chi connectivity index (χ1v) is 16.4. The number of halogens is 3. The number of sulfonamides is 2. The molecule has 5 atom stereocenters. The molecule has 38 heavy (non-hydrogen) atoms. The van der Waals surface area contributed by atoms with Crippen molar-refractivity contribution >= 4 is 53.9 Å². The van der Waals surface area contributed by atoms with Gasteiger partial charge in [0.2, 0.25) is 15.9 Å². The van der Waals surface area contributed by atoms with Crippen molar-refractivity contribution in [3.05, 3.63) is 10.9 Å². The number of nitrogens with one attached hydrogen (secondary N) is 2. The second kappa shape index (κ2) is 8.24. The molecular formula is C22H25F3N4O6S3. The van der Waals surface area contributed by atoms with Gasteiger partial charge in [-0.05, 0) is 49.3 Å². The normalized spacial score (nSPS) is 33.0. The maximum atomic E-state index is 13.9. The molecule has 1 aromatic heterocycles. The topological polar surface area (TPSA) is 142 Å². The van der Waals surface area contributed by atoms with E-state index in [4.69, 9.17) is 0 Å². The second-order valence-corrected chi connectivity index (χ2v) is 15.3. The molecular weight excluding hydrogens is 569 g/mol. The van der Waals surface area contributed by atoms with Gasteiger partial charge in [0.05, 0.1) is 11.7 Å². The smallest absolute Gasteiger partial charge is 0.337 e. The van der Waals surface area contributed by atoms with Crippen LogP contribution in [0.2, 0.25) is 0 Å². The maximum absolute atomic E-state index is 13.9.